The number of carbonyl (C=O) groups is 2. The van der Waals surface area contributed by atoms with E-state index in [1.807, 2.05) is 0 Å². The number of allylic oxidation sites excluding steroid dienone is 6. The first kappa shape index (κ1) is 14.3. The molecule has 2 saturated heterocycles. The lowest BCUT2D eigenvalue weighted by atomic mass is 9.32. The monoisotopic (exact) mass is 362 g/mol. The molecule has 6 bridgehead atoms. The van der Waals surface area contributed by atoms with Gasteiger partial charge in [-0.05, 0) is 65.6 Å². The summed E-state index contributed by atoms with van der Waals surface area (Å²) in [6, 6.07) is 0. The van der Waals surface area contributed by atoms with Crippen molar-refractivity contribution in [2.24, 2.45) is 70.0 Å². The van der Waals surface area contributed by atoms with E-state index in [1.165, 1.54) is 0 Å². The molecule has 138 valence electrons. The van der Waals surface area contributed by atoms with Gasteiger partial charge in [0.1, 0.15) is 0 Å². The van der Waals surface area contributed by atoms with E-state index in [-0.39, 0.29) is 35.6 Å². The lowest BCUT2D eigenvalue weighted by Gasteiger charge is -2.67. The number of rotatable bonds is 0. The van der Waals surface area contributed by atoms with Crippen LogP contribution in [0.15, 0.2) is 36.5 Å². The Morgan fingerprint density at radius 2 is 1.26 bits per heavy atom. The highest BCUT2D eigenvalue weighted by Gasteiger charge is 2.87. The van der Waals surface area contributed by atoms with Crippen LogP contribution in [0.2, 0.25) is 0 Å². The second-order valence-corrected chi connectivity index (χ2v) is 10.2. The molecule has 0 unspecified atom stereocenters. The average Bonchev–Trinajstić information content (AvgIpc) is 3.45. The highest BCUT2D eigenvalue weighted by Crippen LogP contribution is 2.82. The molecule has 2 heterocycles. The summed E-state index contributed by atoms with van der Waals surface area (Å²) in [4.78, 5) is 26.7. The van der Waals surface area contributed by atoms with Gasteiger partial charge in [-0.25, -0.2) is 0 Å². The quantitative estimate of drug-likeness (QED) is 0.377. The highest BCUT2D eigenvalue weighted by atomic mass is 16.6. The van der Waals surface area contributed by atoms with Gasteiger partial charge in [0.2, 0.25) is 0 Å². The van der Waals surface area contributed by atoms with Crippen molar-refractivity contribution >= 4 is 11.9 Å². The first-order valence-corrected chi connectivity index (χ1v) is 10.6. The number of cyclic esters (lactones) is 2. The molecule has 4 heteroatoms. The molecule has 0 amide bonds. The Balaban J connectivity index is 1.42. The van der Waals surface area contributed by atoms with E-state index in [0.717, 1.165) is 19.6 Å². The van der Waals surface area contributed by atoms with Crippen molar-refractivity contribution in [1.29, 1.82) is 0 Å². The number of ether oxygens (including phenoxy) is 2. The van der Waals surface area contributed by atoms with Gasteiger partial charge in [0, 0.05) is 0 Å². The summed E-state index contributed by atoms with van der Waals surface area (Å²) in [5, 5.41) is 0. The maximum Gasteiger partial charge on any atom is 0.322 e. The predicted molar refractivity (Wildman–Crippen MR) is 93.7 cm³/mol. The van der Waals surface area contributed by atoms with Crippen molar-refractivity contribution in [2.75, 3.05) is 13.2 Å². The van der Waals surface area contributed by atoms with E-state index >= 15 is 0 Å². The van der Waals surface area contributed by atoms with Crippen LogP contribution >= 0.6 is 0 Å². The van der Waals surface area contributed by atoms with Crippen LogP contribution in [0.4, 0.5) is 0 Å². The molecule has 2 aliphatic heterocycles. The molecule has 0 aromatic carbocycles. The van der Waals surface area contributed by atoms with Crippen molar-refractivity contribution in [1.82, 2.24) is 0 Å². The third kappa shape index (κ3) is 1.11. The van der Waals surface area contributed by atoms with Crippen molar-refractivity contribution in [3.63, 3.8) is 0 Å². The predicted octanol–water partition coefficient (Wildman–Crippen LogP) is 2.38. The van der Waals surface area contributed by atoms with E-state index in [2.05, 4.69) is 36.5 Å². The van der Waals surface area contributed by atoms with Crippen LogP contribution in [0.1, 0.15) is 6.42 Å². The summed E-state index contributed by atoms with van der Waals surface area (Å²) in [6.45, 7) is 1.71. The van der Waals surface area contributed by atoms with Crippen molar-refractivity contribution in [3.05, 3.63) is 36.5 Å². The third-order valence-electron chi connectivity index (χ3n) is 10.3. The summed E-state index contributed by atoms with van der Waals surface area (Å²) < 4.78 is 11.4. The summed E-state index contributed by atoms with van der Waals surface area (Å²) in [7, 11) is 0. The maximum atomic E-state index is 13.4. The van der Waals surface area contributed by atoms with Gasteiger partial charge in [0.05, 0.1) is 24.0 Å². The minimum absolute atomic E-state index is 0.130. The molecule has 3 saturated carbocycles. The van der Waals surface area contributed by atoms with Crippen molar-refractivity contribution in [3.8, 4) is 0 Å². The standard InChI is InChI=1S/C23H22O4/c24-20-22-10-1-2-11(7-10)23(22,21(25)27-20)17-6-5-16(22)18-12-3-4-13(19(17)18)15-9-26-8-14(12)15/h1-6,10-19H,7-9H2/t10-,11+,12-,13+,14+,15-,16-,17+,18+,19-,22-,23+. The fourth-order valence-corrected chi connectivity index (χ4v) is 9.83. The molecular formula is C23H22O4. The minimum Gasteiger partial charge on any atom is -0.392 e. The first-order chi connectivity index (χ1) is 13.2. The summed E-state index contributed by atoms with van der Waals surface area (Å²) in [5.41, 5.74) is -1.27. The normalized spacial score (nSPS) is 64.7. The van der Waals surface area contributed by atoms with Gasteiger partial charge >= 0.3 is 11.9 Å². The Morgan fingerprint density at radius 1 is 0.741 bits per heavy atom. The number of hydrogen-bond acceptors (Lipinski definition) is 4. The van der Waals surface area contributed by atoms with Crippen LogP contribution in [0.3, 0.4) is 0 Å². The highest BCUT2D eigenvalue weighted by molar-refractivity contribution is 6.05. The second kappa shape index (κ2) is 4.03. The van der Waals surface area contributed by atoms with E-state index in [9.17, 15) is 9.59 Å². The fraction of sp³-hybridized carbons (Fsp3) is 0.652. The molecule has 0 spiro atoms. The molecule has 10 rings (SSSR count). The molecule has 12 atom stereocenters. The maximum absolute atomic E-state index is 13.4. The van der Waals surface area contributed by atoms with Gasteiger partial charge in [-0.3, -0.25) is 9.59 Å². The van der Waals surface area contributed by atoms with Gasteiger partial charge in [-0.15, -0.1) is 0 Å². The Hall–Kier alpha value is -1.68. The molecule has 0 aromatic rings. The smallest absolute Gasteiger partial charge is 0.322 e. The zero-order valence-electron chi connectivity index (χ0n) is 15.0. The van der Waals surface area contributed by atoms with Crippen LogP contribution in [0, 0.1) is 70.0 Å². The Bertz CT molecular complexity index is 847. The molecule has 4 nitrogen and oxygen atoms in total. The van der Waals surface area contributed by atoms with Crippen molar-refractivity contribution < 1.29 is 19.1 Å². The van der Waals surface area contributed by atoms with Gasteiger partial charge in [-0.2, -0.15) is 0 Å². The second-order valence-electron chi connectivity index (χ2n) is 10.2. The Morgan fingerprint density at radius 3 is 1.78 bits per heavy atom. The van der Waals surface area contributed by atoms with Crippen LogP contribution in [-0.2, 0) is 19.1 Å². The van der Waals surface area contributed by atoms with E-state index in [4.69, 9.17) is 9.47 Å². The lowest BCUT2D eigenvalue weighted by Crippen LogP contribution is -2.70. The molecule has 8 aliphatic carbocycles. The van der Waals surface area contributed by atoms with Gasteiger partial charge in [0.25, 0.3) is 0 Å². The van der Waals surface area contributed by atoms with E-state index in [0.29, 0.717) is 35.5 Å². The first-order valence-electron chi connectivity index (χ1n) is 10.6. The number of carbonyl (C=O) groups excluding carboxylic acids is 2. The molecule has 5 fully saturated rings. The zero-order chi connectivity index (χ0) is 17.7. The Kier molecular flexibility index (Phi) is 2.14. The number of esters is 2. The molecule has 0 N–H and O–H groups in total. The summed E-state index contributed by atoms with van der Waals surface area (Å²) in [6.07, 6.45) is 14.9. The zero-order valence-corrected chi connectivity index (χ0v) is 15.0. The molecule has 10 aliphatic rings. The van der Waals surface area contributed by atoms with Crippen LogP contribution in [-0.4, -0.2) is 25.2 Å². The largest absolute Gasteiger partial charge is 0.392 e. The molecule has 27 heavy (non-hydrogen) atoms. The SMILES string of the molecule is O=C1OC(=O)[C@]23[C@@H]4C=C[C@@H](C4)[C@]12[C@H]1C=C[C@@H]3[C@@H]2[C@@H]3C=C[C@@H]([C@H]4COC[C@@H]34)[C@@H]21. The summed E-state index contributed by atoms with van der Waals surface area (Å²) in [5.74, 6) is 3.20. The van der Waals surface area contributed by atoms with E-state index < -0.39 is 10.8 Å². The lowest BCUT2D eigenvalue weighted by molar-refractivity contribution is -0.190. The number of fused-ring (bicyclic) bond motifs is 2. The minimum atomic E-state index is -0.635. The van der Waals surface area contributed by atoms with Crippen LogP contribution in [0.25, 0.3) is 0 Å². The molecule has 0 radical (unpaired) electrons. The van der Waals surface area contributed by atoms with Crippen LogP contribution in [0.5, 0.6) is 0 Å². The topological polar surface area (TPSA) is 52.6 Å². The van der Waals surface area contributed by atoms with Crippen molar-refractivity contribution in [2.45, 2.75) is 6.42 Å². The third-order valence-corrected chi connectivity index (χ3v) is 10.3. The Labute approximate surface area is 157 Å². The summed E-state index contributed by atoms with van der Waals surface area (Å²) >= 11 is 0. The van der Waals surface area contributed by atoms with Crippen LogP contribution < -0.4 is 0 Å². The molecule has 0 aromatic heterocycles. The fourth-order valence-electron chi connectivity index (χ4n) is 9.83. The van der Waals surface area contributed by atoms with Gasteiger partial charge in [0.15, 0.2) is 0 Å². The average molecular weight is 362 g/mol. The number of hydrogen-bond donors (Lipinski definition) is 0. The molecular weight excluding hydrogens is 340 g/mol. The van der Waals surface area contributed by atoms with E-state index in [1.54, 1.807) is 0 Å². The van der Waals surface area contributed by atoms with Gasteiger partial charge < -0.3 is 9.47 Å². The van der Waals surface area contributed by atoms with Gasteiger partial charge in [-0.1, -0.05) is 36.5 Å².